The van der Waals surface area contributed by atoms with Crippen molar-refractivity contribution >= 4 is 23.2 Å². The van der Waals surface area contributed by atoms with Crippen molar-refractivity contribution in [3.05, 3.63) is 58.4 Å². The van der Waals surface area contributed by atoms with Gasteiger partial charge in [-0.2, -0.15) is 5.26 Å². The van der Waals surface area contributed by atoms with Gasteiger partial charge < -0.3 is 10.6 Å². The summed E-state index contributed by atoms with van der Waals surface area (Å²) in [6.07, 6.45) is 8.02. The van der Waals surface area contributed by atoms with Crippen molar-refractivity contribution < 1.29 is 4.79 Å². The average Bonchev–Trinajstić information content (AvgIpc) is 2.74. The first-order valence-corrected chi connectivity index (χ1v) is 10.4. The van der Waals surface area contributed by atoms with Gasteiger partial charge in [-0.3, -0.25) is 9.78 Å². The molecule has 0 saturated heterocycles. The minimum atomic E-state index is -0.433. The second-order valence-electron chi connectivity index (χ2n) is 7.67. The lowest BCUT2D eigenvalue weighted by Crippen LogP contribution is -2.33. The molecule has 1 aliphatic rings. The number of benzene rings is 1. The number of carbonyl (C=O) groups excluding carboxylic acids is 1. The predicted molar refractivity (Wildman–Crippen MR) is 118 cm³/mol. The minimum Gasteiger partial charge on any atom is -0.372 e. The van der Waals surface area contributed by atoms with E-state index >= 15 is 0 Å². The molecule has 1 amide bonds. The second-order valence-corrected chi connectivity index (χ2v) is 8.08. The van der Waals surface area contributed by atoms with Gasteiger partial charge in [-0.15, -0.1) is 0 Å². The van der Waals surface area contributed by atoms with Gasteiger partial charge in [0.1, 0.15) is 6.07 Å². The van der Waals surface area contributed by atoms with Crippen molar-refractivity contribution in [1.29, 1.82) is 5.26 Å². The van der Waals surface area contributed by atoms with Crippen LogP contribution in [0.1, 0.15) is 73.5 Å². The minimum absolute atomic E-state index is 0.381. The molecule has 1 fully saturated rings. The molecule has 2 N–H and O–H groups in total. The molecule has 5 nitrogen and oxygen atoms in total. The van der Waals surface area contributed by atoms with Crippen LogP contribution in [0.25, 0.3) is 0 Å². The van der Waals surface area contributed by atoms with E-state index in [4.69, 9.17) is 22.6 Å². The van der Waals surface area contributed by atoms with E-state index in [2.05, 4.69) is 23.0 Å². The van der Waals surface area contributed by atoms with Gasteiger partial charge in [0, 0.05) is 30.7 Å². The van der Waals surface area contributed by atoms with Gasteiger partial charge in [-0.1, -0.05) is 44.7 Å². The number of amides is 1. The Hall–Kier alpha value is -2.58. The van der Waals surface area contributed by atoms with E-state index in [9.17, 15) is 4.79 Å². The summed E-state index contributed by atoms with van der Waals surface area (Å²) in [6, 6.07) is 11.9. The van der Waals surface area contributed by atoms with Gasteiger partial charge >= 0.3 is 0 Å². The summed E-state index contributed by atoms with van der Waals surface area (Å²) in [5.41, 5.74) is 8.15. The molecule has 2 aromatic rings. The molecule has 29 heavy (non-hydrogen) atoms. The van der Waals surface area contributed by atoms with E-state index < -0.39 is 5.91 Å². The number of aromatic nitrogens is 1. The first-order chi connectivity index (χ1) is 13.8. The molecule has 1 aromatic heterocycles. The molecule has 0 unspecified atom stereocenters. The van der Waals surface area contributed by atoms with Crippen molar-refractivity contribution in [1.82, 2.24) is 4.98 Å². The van der Waals surface area contributed by atoms with Gasteiger partial charge in [-0.25, -0.2) is 0 Å². The van der Waals surface area contributed by atoms with Crippen LogP contribution in [0.5, 0.6) is 0 Å². The zero-order valence-corrected chi connectivity index (χ0v) is 18.1. The van der Waals surface area contributed by atoms with Gasteiger partial charge in [0.05, 0.1) is 16.1 Å². The van der Waals surface area contributed by atoms with Gasteiger partial charge in [-0.05, 0) is 49.1 Å². The molecule has 3 rings (SSSR count). The molecular weight excluding hydrogens is 384 g/mol. The summed E-state index contributed by atoms with van der Waals surface area (Å²) in [5, 5.41) is 9.40. The summed E-state index contributed by atoms with van der Waals surface area (Å²) in [4.78, 5) is 17.1. The normalized spacial score (nSPS) is 13.9. The van der Waals surface area contributed by atoms with Crippen molar-refractivity contribution in [2.24, 2.45) is 5.73 Å². The number of anilines is 1. The number of rotatable bonds is 4. The lowest BCUT2D eigenvalue weighted by molar-refractivity contribution is 0.1000. The van der Waals surface area contributed by atoms with Crippen LogP contribution in [0.4, 0.5) is 5.69 Å². The number of hydrogen-bond acceptors (Lipinski definition) is 4. The lowest BCUT2D eigenvalue weighted by atomic mass is 9.94. The topological polar surface area (TPSA) is 83.0 Å². The van der Waals surface area contributed by atoms with E-state index in [-0.39, 0.29) is 0 Å². The highest BCUT2D eigenvalue weighted by molar-refractivity contribution is 6.32. The summed E-state index contributed by atoms with van der Waals surface area (Å²) >= 11 is 6.06. The van der Waals surface area contributed by atoms with E-state index in [1.807, 2.05) is 32.0 Å². The zero-order valence-electron chi connectivity index (χ0n) is 17.4. The van der Waals surface area contributed by atoms with Crippen molar-refractivity contribution in [2.45, 2.75) is 57.9 Å². The molecule has 1 saturated carbocycles. The van der Waals surface area contributed by atoms with Crippen LogP contribution in [0.2, 0.25) is 5.02 Å². The van der Waals surface area contributed by atoms with E-state index in [1.54, 1.807) is 12.1 Å². The first kappa shape index (κ1) is 22.7. The monoisotopic (exact) mass is 412 g/mol. The summed E-state index contributed by atoms with van der Waals surface area (Å²) in [5.74, 6) is -0.0512. The highest BCUT2D eigenvalue weighted by Crippen LogP contribution is 2.28. The van der Waals surface area contributed by atoms with Crippen molar-refractivity contribution in [2.75, 3.05) is 11.9 Å². The fourth-order valence-corrected chi connectivity index (χ4v) is 3.60. The van der Waals surface area contributed by atoms with E-state index in [0.29, 0.717) is 28.1 Å². The molecule has 154 valence electrons. The molecule has 0 atom stereocenters. The number of halogens is 1. The Morgan fingerprint density at radius 1 is 1.24 bits per heavy atom. The highest BCUT2D eigenvalue weighted by Gasteiger charge is 2.18. The Balaban J connectivity index is 0.000000221. The summed E-state index contributed by atoms with van der Waals surface area (Å²) in [7, 11) is 2.12. The number of carbonyl (C=O) groups is 1. The number of nitriles is 1. The van der Waals surface area contributed by atoms with Crippen LogP contribution in [0.15, 0.2) is 36.5 Å². The Morgan fingerprint density at radius 2 is 1.93 bits per heavy atom. The molecular formula is C23H29ClN4O. The molecule has 0 radical (unpaired) electrons. The third kappa shape index (κ3) is 6.47. The number of primary amides is 1. The van der Waals surface area contributed by atoms with Gasteiger partial charge in [0.25, 0.3) is 0 Å². The van der Waals surface area contributed by atoms with Crippen LogP contribution >= 0.6 is 11.6 Å². The maximum absolute atomic E-state index is 10.7. The molecule has 1 aromatic carbocycles. The van der Waals surface area contributed by atoms with E-state index in [0.717, 1.165) is 11.4 Å². The van der Waals surface area contributed by atoms with E-state index in [1.165, 1.54) is 38.3 Å². The van der Waals surface area contributed by atoms with Crippen molar-refractivity contribution in [3.63, 3.8) is 0 Å². The number of pyridine rings is 1. The number of nitrogens with two attached hydrogens (primary N) is 1. The van der Waals surface area contributed by atoms with Crippen molar-refractivity contribution in [3.8, 4) is 6.07 Å². The molecule has 1 aliphatic carbocycles. The fourth-order valence-electron chi connectivity index (χ4n) is 3.39. The largest absolute Gasteiger partial charge is 0.372 e. The van der Waals surface area contributed by atoms with Crippen LogP contribution in [-0.4, -0.2) is 24.0 Å². The molecule has 0 bridgehead atoms. The highest BCUT2D eigenvalue weighted by atomic mass is 35.5. The molecule has 1 heterocycles. The summed E-state index contributed by atoms with van der Waals surface area (Å²) in [6.45, 7) is 4.10. The maximum atomic E-state index is 10.7. The summed E-state index contributed by atoms with van der Waals surface area (Å²) < 4.78 is 0. The van der Waals surface area contributed by atoms with Gasteiger partial charge in [0.2, 0.25) is 5.91 Å². The zero-order chi connectivity index (χ0) is 21.4. The first-order valence-electron chi connectivity index (χ1n) is 10.0. The van der Waals surface area contributed by atoms with Crippen LogP contribution in [-0.2, 0) is 0 Å². The third-order valence-electron chi connectivity index (χ3n) is 5.27. The van der Waals surface area contributed by atoms with Crippen LogP contribution in [0, 0.1) is 11.3 Å². The Labute approximate surface area is 178 Å². The van der Waals surface area contributed by atoms with Crippen LogP contribution < -0.4 is 10.6 Å². The standard InChI is InChI=1S/C14H17ClN2.C9H12N2O/c1-17(12-5-3-2-4-6-12)13-8-7-11(10-16)14(15)9-13;1-6(2)8-4-3-7(5-11-8)9(10)12/h7-9,12H,2-6H2,1H3;3-6H,1-2H3,(H2,10,12). The second kappa shape index (κ2) is 10.8. The van der Waals surface area contributed by atoms with Gasteiger partial charge in [0.15, 0.2) is 0 Å². The Morgan fingerprint density at radius 3 is 2.41 bits per heavy atom. The SMILES string of the molecule is CC(C)c1ccc(C(N)=O)cn1.CN(c1ccc(C#N)c(Cl)c1)C1CCCCC1. The fraction of sp³-hybridized carbons (Fsp3) is 0.435. The predicted octanol–water partition coefficient (Wildman–Crippen LogP) is 5.28. The molecule has 0 spiro atoms. The number of nitrogens with zero attached hydrogens (tertiary/aromatic N) is 3. The van der Waals surface area contributed by atoms with Crippen LogP contribution in [0.3, 0.4) is 0 Å². The Bertz CT molecular complexity index is 852. The Kier molecular flexibility index (Phi) is 8.48. The third-order valence-corrected chi connectivity index (χ3v) is 5.58. The lowest BCUT2D eigenvalue weighted by Gasteiger charge is -2.33. The maximum Gasteiger partial charge on any atom is 0.250 e. The molecule has 0 aliphatic heterocycles. The number of hydrogen-bond donors (Lipinski definition) is 1. The smallest absolute Gasteiger partial charge is 0.250 e. The average molecular weight is 413 g/mol. The molecule has 6 heteroatoms. The quantitative estimate of drug-likeness (QED) is 0.739.